The third-order valence-corrected chi connectivity index (χ3v) is 3.20. The molecule has 3 N–H and O–H groups in total. The van der Waals surface area contributed by atoms with Gasteiger partial charge in [0.1, 0.15) is 11.9 Å². The fourth-order valence-electron chi connectivity index (χ4n) is 2.19. The maximum atomic E-state index is 6.04. The van der Waals surface area contributed by atoms with Gasteiger partial charge in [0.05, 0.1) is 12.2 Å². The highest BCUT2D eigenvalue weighted by molar-refractivity contribution is 5.59. The van der Waals surface area contributed by atoms with Crippen LogP contribution in [0.5, 0.6) is 5.75 Å². The van der Waals surface area contributed by atoms with Crippen LogP contribution in [0.1, 0.15) is 17.2 Å². The summed E-state index contributed by atoms with van der Waals surface area (Å²) in [5, 5.41) is 3.40. The van der Waals surface area contributed by atoms with Crippen LogP contribution >= 0.6 is 0 Å². The molecule has 1 unspecified atom stereocenters. The molecule has 0 fully saturated rings. The molecule has 0 saturated heterocycles. The van der Waals surface area contributed by atoms with E-state index in [1.54, 1.807) is 0 Å². The minimum absolute atomic E-state index is 0.0618. The molecule has 1 atom stereocenters. The Morgan fingerprint density at radius 2 is 2.00 bits per heavy atom. The molecule has 0 radical (unpaired) electrons. The van der Waals surface area contributed by atoms with Crippen molar-refractivity contribution in [1.29, 1.82) is 0 Å². The molecule has 3 rings (SSSR count). The quantitative estimate of drug-likeness (QED) is 0.848. The van der Waals surface area contributed by atoms with E-state index in [9.17, 15) is 0 Å². The van der Waals surface area contributed by atoms with E-state index in [2.05, 4.69) is 17.4 Å². The van der Waals surface area contributed by atoms with Crippen LogP contribution in [0, 0.1) is 0 Å². The summed E-state index contributed by atoms with van der Waals surface area (Å²) in [6.07, 6.45) is 0.0618. The largest absolute Gasteiger partial charge is 0.482 e. The maximum absolute atomic E-state index is 6.04. The van der Waals surface area contributed by atoms with Crippen LogP contribution in [0.2, 0.25) is 0 Å². The van der Waals surface area contributed by atoms with Gasteiger partial charge in [0.15, 0.2) is 0 Å². The molecular weight excluding hydrogens is 224 g/mol. The van der Waals surface area contributed by atoms with Crippen LogP contribution in [0.4, 0.5) is 5.69 Å². The Balaban J connectivity index is 1.88. The first-order valence-corrected chi connectivity index (χ1v) is 6.15. The van der Waals surface area contributed by atoms with Crippen molar-refractivity contribution in [3.8, 4) is 5.75 Å². The van der Waals surface area contributed by atoms with E-state index in [4.69, 9.17) is 10.5 Å². The Bertz CT molecular complexity index is 539. The molecular formula is C15H16N2O. The van der Waals surface area contributed by atoms with Crippen molar-refractivity contribution in [3.63, 3.8) is 0 Å². The predicted molar refractivity (Wildman–Crippen MR) is 72.6 cm³/mol. The normalized spacial score (nSPS) is 17.5. The fraction of sp³-hybridized carbons (Fsp3) is 0.200. The third-order valence-electron chi connectivity index (χ3n) is 3.20. The minimum atomic E-state index is 0.0618. The SMILES string of the molecule is NCc1ccc2c(c1)OC(c1ccccc1)CN2. The van der Waals surface area contributed by atoms with Gasteiger partial charge in [-0.05, 0) is 23.3 Å². The van der Waals surface area contributed by atoms with Crippen molar-refractivity contribution in [2.24, 2.45) is 5.73 Å². The molecule has 18 heavy (non-hydrogen) atoms. The van der Waals surface area contributed by atoms with Crippen LogP contribution in [-0.4, -0.2) is 6.54 Å². The van der Waals surface area contributed by atoms with E-state index < -0.39 is 0 Å². The lowest BCUT2D eigenvalue weighted by molar-refractivity contribution is 0.210. The Morgan fingerprint density at radius 1 is 1.17 bits per heavy atom. The monoisotopic (exact) mass is 240 g/mol. The average molecular weight is 240 g/mol. The summed E-state index contributed by atoms with van der Waals surface area (Å²) in [5.41, 5.74) is 8.97. The molecule has 0 aliphatic carbocycles. The van der Waals surface area contributed by atoms with Gasteiger partial charge in [-0.3, -0.25) is 0 Å². The Kier molecular flexibility index (Phi) is 2.90. The van der Waals surface area contributed by atoms with Gasteiger partial charge >= 0.3 is 0 Å². The second-order valence-electron chi connectivity index (χ2n) is 4.43. The molecule has 3 heteroatoms. The summed E-state index contributed by atoms with van der Waals surface area (Å²) in [6, 6.07) is 16.3. The van der Waals surface area contributed by atoms with Gasteiger partial charge in [-0.2, -0.15) is 0 Å². The number of rotatable bonds is 2. The zero-order valence-electron chi connectivity index (χ0n) is 10.1. The highest BCUT2D eigenvalue weighted by Crippen LogP contribution is 2.34. The number of ether oxygens (including phenoxy) is 1. The van der Waals surface area contributed by atoms with E-state index in [1.807, 2.05) is 36.4 Å². The number of hydrogen-bond donors (Lipinski definition) is 2. The van der Waals surface area contributed by atoms with Crippen LogP contribution in [0.3, 0.4) is 0 Å². The van der Waals surface area contributed by atoms with Gasteiger partial charge in [0.2, 0.25) is 0 Å². The van der Waals surface area contributed by atoms with Crippen LogP contribution in [0.25, 0.3) is 0 Å². The van der Waals surface area contributed by atoms with Crippen LogP contribution in [0.15, 0.2) is 48.5 Å². The lowest BCUT2D eigenvalue weighted by Crippen LogP contribution is -2.23. The minimum Gasteiger partial charge on any atom is -0.482 e. The van der Waals surface area contributed by atoms with Gasteiger partial charge in [-0.25, -0.2) is 0 Å². The van der Waals surface area contributed by atoms with Gasteiger partial charge in [-0.15, -0.1) is 0 Å². The molecule has 0 amide bonds. The first kappa shape index (κ1) is 11.1. The van der Waals surface area contributed by atoms with Crippen molar-refractivity contribution in [1.82, 2.24) is 0 Å². The second-order valence-corrected chi connectivity index (χ2v) is 4.43. The summed E-state index contributed by atoms with van der Waals surface area (Å²) in [4.78, 5) is 0. The van der Waals surface area contributed by atoms with Gasteiger partial charge in [-0.1, -0.05) is 36.4 Å². The summed E-state index contributed by atoms with van der Waals surface area (Å²) in [6.45, 7) is 1.33. The zero-order chi connectivity index (χ0) is 12.4. The Labute approximate surface area is 107 Å². The van der Waals surface area contributed by atoms with E-state index in [1.165, 1.54) is 5.56 Å². The second kappa shape index (κ2) is 4.70. The smallest absolute Gasteiger partial charge is 0.143 e. The predicted octanol–water partition coefficient (Wildman–Crippen LogP) is 2.69. The first-order valence-electron chi connectivity index (χ1n) is 6.15. The van der Waals surface area contributed by atoms with Crippen molar-refractivity contribution >= 4 is 5.69 Å². The number of nitrogens with two attached hydrogens (primary N) is 1. The summed E-state index contributed by atoms with van der Waals surface area (Å²) < 4.78 is 6.04. The summed E-state index contributed by atoms with van der Waals surface area (Å²) in [7, 11) is 0. The number of fused-ring (bicyclic) bond motifs is 1. The lowest BCUT2D eigenvalue weighted by atomic mass is 10.1. The van der Waals surface area contributed by atoms with Gasteiger partial charge in [0.25, 0.3) is 0 Å². The molecule has 2 aromatic rings. The van der Waals surface area contributed by atoms with Crippen molar-refractivity contribution in [3.05, 3.63) is 59.7 Å². The number of benzene rings is 2. The summed E-state index contributed by atoms with van der Waals surface area (Å²) in [5.74, 6) is 0.887. The Morgan fingerprint density at radius 3 is 2.78 bits per heavy atom. The van der Waals surface area contributed by atoms with E-state index in [0.29, 0.717) is 6.54 Å². The van der Waals surface area contributed by atoms with Crippen molar-refractivity contribution < 1.29 is 4.74 Å². The molecule has 0 aromatic heterocycles. The first-order chi connectivity index (χ1) is 8.86. The molecule has 1 heterocycles. The third kappa shape index (κ3) is 2.05. The molecule has 0 saturated carbocycles. The number of nitrogens with one attached hydrogen (secondary N) is 1. The molecule has 1 aliphatic rings. The molecule has 2 aromatic carbocycles. The standard InChI is InChI=1S/C15H16N2O/c16-9-11-6-7-13-14(8-11)18-15(10-17-13)12-4-2-1-3-5-12/h1-8,15,17H,9-10,16H2. The van der Waals surface area contributed by atoms with Gasteiger partial charge < -0.3 is 15.8 Å². The lowest BCUT2D eigenvalue weighted by Gasteiger charge is -2.28. The number of anilines is 1. The highest BCUT2D eigenvalue weighted by Gasteiger charge is 2.20. The van der Waals surface area contributed by atoms with Crippen molar-refractivity contribution in [2.75, 3.05) is 11.9 Å². The van der Waals surface area contributed by atoms with E-state index in [0.717, 1.165) is 23.5 Å². The molecule has 92 valence electrons. The van der Waals surface area contributed by atoms with Gasteiger partial charge in [0, 0.05) is 6.54 Å². The van der Waals surface area contributed by atoms with Crippen molar-refractivity contribution in [2.45, 2.75) is 12.6 Å². The maximum Gasteiger partial charge on any atom is 0.143 e. The molecule has 3 nitrogen and oxygen atoms in total. The number of hydrogen-bond acceptors (Lipinski definition) is 3. The van der Waals surface area contributed by atoms with Crippen LogP contribution < -0.4 is 15.8 Å². The molecule has 0 bridgehead atoms. The fourth-order valence-corrected chi connectivity index (χ4v) is 2.19. The molecule has 1 aliphatic heterocycles. The molecule has 0 spiro atoms. The summed E-state index contributed by atoms with van der Waals surface area (Å²) >= 11 is 0. The Hall–Kier alpha value is -2.00. The highest BCUT2D eigenvalue weighted by atomic mass is 16.5. The van der Waals surface area contributed by atoms with E-state index in [-0.39, 0.29) is 6.10 Å². The van der Waals surface area contributed by atoms with E-state index >= 15 is 0 Å². The average Bonchev–Trinajstić information content (AvgIpc) is 2.47. The topological polar surface area (TPSA) is 47.3 Å². The van der Waals surface area contributed by atoms with Crippen LogP contribution in [-0.2, 0) is 6.54 Å². The zero-order valence-corrected chi connectivity index (χ0v) is 10.1.